The average Bonchev–Trinajstić information content (AvgIpc) is 2.76. The van der Waals surface area contributed by atoms with Gasteiger partial charge in [0.1, 0.15) is 11.5 Å². The van der Waals surface area contributed by atoms with E-state index in [1.165, 1.54) is 88.5 Å². The number of unbranched alkanes of at least 4 members (excludes halogenated alkanes) is 11. The van der Waals surface area contributed by atoms with E-state index in [2.05, 4.69) is 6.92 Å². The fourth-order valence-corrected chi connectivity index (χ4v) is 4.36. The molecule has 0 aliphatic carbocycles. The summed E-state index contributed by atoms with van der Waals surface area (Å²) in [7, 11) is -4.33. The van der Waals surface area contributed by atoms with Crippen molar-refractivity contribution in [2.45, 2.75) is 95.3 Å². The van der Waals surface area contributed by atoms with Gasteiger partial charge in [-0.25, -0.2) is 0 Å². The first-order valence-electron chi connectivity index (χ1n) is 12.0. The van der Waals surface area contributed by atoms with E-state index in [9.17, 15) is 18.1 Å². The Balaban J connectivity index is 0.00000544. The molecule has 0 atom stereocenters. The first kappa shape index (κ1) is 30.0. The van der Waals surface area contributed by atoms with Gasteiger partial charge in [0, 0.05) is 6.07 Å². The van der Waals surface area contributed by atoms with Gasteiger partial charge in [-0.15, -0.1) is 0 Å². The number of ether oxygens (including phenoxy) is 1. The van der Waals surface area contributed by atoms with Crippen LogP contribution in [-0.2, 0) is 16.5 Å². The predicted molar refractivity (Wildman–Crippen MR) is 127 cm³/mol. The van der Waals surface area contributed by atoms with Crippen LogP contribution < -0.4 is 39.4 Å². The predicted octanol–water partition coefficient (Wildman–Crippen LogP) is 4.05. The molecule has 7 heteroatoms. The second-order valence-corrected chi connectivity index (χ2v) is 9.86. The van der Waals surface area contributed by atoms with Crippen molar-refractivity contribution in [1.29, 1.82) is 0 Å². The Morgan fingerprint density at radius 2 is 1.36 bits per heavy atom. The van der Waals surface area contributed by atoms with Gasteiger partial charge in [0.15, 0.2) is 0 Å². The van der Waals surface area contributed by atoms with Gasteiger partial charge < -0.3 is 9.84 Å². The minimum Gasteiger partial charge on any atom is -0.870 e. The van der Waals surface area contributed by atoms with Crippen LogP contribution in [0.25, 0.3) is 0 Å². The Kier molecular flexibility index (Phi) is 15.0. The summed E-state index contributed by atoms with van der Waals surface area (Å²) in [5, 5.41) is 12.4. The molecule has 0 fully saturated rings. The number of aryl methyl sites for hydroxylation is 1. The zero-order valence-corrected chi connectivity index (χ0v) is 23.0. The summed E-state index contributed by atoms with van der Waals surface area (Å²) in [5.41, 5.74) is 0.821. The van der Waals surface area contributed by atoms with Crippen LogP contribution in [0.15, 0.2) is 47.4 Å². The monoisotopic (exact) mass is 484 g/mol. The Labute approximate surface area is 222 Å². The quantitative estimate of drug-likeness (QED) is 0.221. The summed E-state index contributed by atoms with van der Waals surface area (Å²) in [6.45, 7) is 2.25. The third-order valence-corrected chi connectivity index (χ3v) is 6.53. The van der Waals surface area contributed by atoms with Crippen LogP contribution >= 0.6 is 0 Å². The van der Waals surface area contributed by atoms with Crippen LogP contribution in [0, 0.1) is 0 Å². The molecule has 2 aromatic carbocycles. The number of hydrogen-bond acceptors (Lipinski definition) is 4. The summed E-state index contributed by atoms with van der Waals surface area (Å²) < 4.78 is 37.7. The van der Waals surface area contributed by atoms with Crippen molar-refractivity contribution in [2.24, 2.45) is 0 Å². The molecule has 0 saturated heterocycles. The second kappa shape index (κ2) is 16.6. The standard InChI is InChI=1S/C26H38O5S.Na/c1-2-3-4-5-6-7-8-9-10-11-12-13-16-22-17-14-20-25(27)26(22)31-23-18-15-19-24(21-23)32(28,29)30;/h14-15,17-21,27H,2-13,16H2,1H3,(H,28,29,30);/q;+1/p-1. The van der Waals surface area contributed by atoms with E-state index in [1.54, 1.807) is 12.1 Å². The van der Waals surface area contributed by atoms with Crippen molar-refractivity contribution in [3.05, 3.63) is 48.0 Å². The first-order chi connectivity index (χ1) is 15.4. The van der Waals surface area contributed by atoms with Crippen molar-refractivity contribution in [2.75, 3.05) is 0 Å². The summed E-state index contributed by atoms with van der Waals surface area (Å²) in [5.74, 6) is 0.195. The summed E-state index contributed by atoms with van der Waals surface area (Å²) in [6.07, 6.45) is 16.0. The fourth-order valence-electron chi connectivity index (χ4n) is 3.85. The molecule has 1 N–H and O–H groups in total. The maximum atomic E-state index is 12.4. The van der Waals surface area contributed by atoms with E-state index in [0.717, 1.165) is 24.8 Å². The van der Waals surface area contributed by atoms with E-state index in [-0.39, 0.29) is 51.7 Å². The molecule has 0 heterocycles. The van der Waals surface area contributed by atoms with Gasteiger partial charge in [0.05, 0.1) is 4.90 Å². The van der Waals surface area contributed by atoms with Gasteiger partial charge in [-0.05, 0) is 30.5 Å². The van der Waals surface area contributed by atoms with Gasteiger partial charge >= 0.3 is 29.6 Å². The molecule has 2 rings (SSSR count). The van der Waals surface area contributed by atoms with Crippen LogP contribution in [0.1, 0.15) is 89.5 Å². The maximum absolute atomic E-state index is 12.4. The number of benzene rings is 2. The molecule has 0 aliphatic rings. The molecular formula is C26H37NaO5S. The van der Waals surface area contributed by atoms with Crippen LogP contribution in [-0.4, -0.2) is 13.0 Å². The Hall–Kier alpha value is -1.05. The normalized spacial score (nSPS) is 11.2. The van der Waals surface area contributed by atoms with Gasteiger partial charge in [0.25, 0.3) is 10.1 Å². The van der Waals surface area contributed by atoms with Crippen LogP contribution in [0.4, 0.5) is 0 Å². The molecule has 5 nitrogen and oxygen atoms in total. The molecule has 0 amide bonds. The minimum absolute atomic E-state index is 0. The van der Waals surface area contributed by atoms with E-state index in [1.807, 2.05) is 6.07 Å². The van der Waals surface area contributed by atoms with Crippen molar-refractivity contribution in [3.8, 4) is 17.2 Å². The van der Waals surface area contributed by atoms with Crippen molar-refractivity contribution >= 4 is 10.1 Å². The number of hydrogen-bond donors (Lipinski definition) is 1. The van der Waals surface area contributed by atoms with Crippen LogP contribution in [0.3, 0.4) is 0 Å². The molecule has 2 aromatic rings. The molecule has 178 valence electrons. The molecule has 0 bridgehead atoms. The SMILES string of the molecule is CCCCCCCCCCCCCCc1cccc([O-])c1Oc1cccc(S(=O)(=O)O)c1.[Na+]. The largest absolute Gasteiger partial charge is 1.00 e. The molecule has 0 aromatic heterocycles. The van der Waals surface area contributed by atoms with E-state index >= 15 is 0 Å². The van der Waals surface area contributed by atoms with Crippen molar-refractivity contribution < 1.29 is 52.4 Å². The summed E-state index contributed by atoms with van der Waals surface area (Å²) in [6, 6.07) is 10.6. The van der Waals surface area contributed by atoms with Gasteiger partial charge in [0.2, 0.25) is 0 Å². The molecule has 0 aliphatic heterocycles. The zero-order valence-electron chi connectivity index (χ0n) is 20.2. The third kappa shape index (κ3) is 11.8. The molecular weight excluding hydrogens is 447 g/mol. The Bertz CT molecular complexity index is 915. The fraction of sp³-hybridized carbons (Fsp3) is 0.538. The molecule has 0 saturated carbocycles. The topological polar surface area (TPSA) is 86.7 Å². The molecule has 33 heavy (non-hydrogen) atoms. The van der Waals surface area contributed by atoms with E-state index < -0.39 is 10.1 Å². The summed E-state index contributed by atoms with van der Waals surface area (Å²) >= 11 is 0. The molecule has 0 spiro atoms. The Morgan fingerprint density at radius 1 is 0.818 bits per heavy atom. The summed E-state index contributed by atoms with van der Waals surface area (Å²) in [4.78, 5) is -0.263. The van der Waals surface area contributed by atoms with Crippen molar-refractivity contribution in [3.63, 3.8) is 0 Å². The maximum Gasteiger partial charge on any atom is 1.00 e. The first-order valence-corrected chi connectivity index (χ1v) is 13.4. The van der Waals surface area contributed by atoms with Crippen LogP contribution in [0.2, 0.25) is 0 Å². The smallest absolute Gasteiger partial charge is 0.870 e. The zero-order chi connectivity index (χ0) is 23.2. The van der Waals surface area contributed by atoms with Crippen molar-refractivity contribution in [1.82, 2.24) is 0 Å². The van der Waals surface area contributed by atoms with Crippen LogP contribution in [0.5, 0.6) is 17.2 Å². The van der Waals surface area contributed by atoms with E-state index in [0.29, 0.717) is 0 Å². The van der Waals surface area contributed by atoms with Gasteiger partial charge in [-0.2, -0.15) is 8.42 Å². The third-order valence-electron chi connectivity index (χ3n) is 5.68. The van der Waals surface area contributed by atoms with Gasteiger partial charge in [-0.1, -0.05) is 108 Å². The second-order valence-electron chi connectivity index (χ2n) is 8.44. The molecule has 0 unspecified atom stereocenters. The van der Waals surface area contributed by atoms with E-state index in [4.69, 9.17) is 4.74 Å². The molecule has 0 radical (unpaired) electrons. The minimum atomic E-state index is -4.33. The number of rotatable bonds is 16. The Morgan fingerprint density at radius 3 is 1.94 bits per heavy atom. The average molecular weight is 485 g/mol. The number of para-hydroxylation sites is 1. The van der Waals surface area contributed by atoms with Gasteiger partial charge in [-0.3, -0.25) is 4.55 Å².